The van der Waals surface area contributed by atoms with Crippen LogP contribution in [0.25, 0.3) is 0 Å². The lowest BCUT2D eigenvalue weighted by Crippen LogP contribution is -2.22. The molecule has 15 heavy (non-hydrogen) atoms. The molecule has 3 heteroatoms. The van der Waals surface area contributed by atoms with Crippen molar-refractivity contribution in [3.63, 3.8) is 0 Å². The molecule has 0 amide bonds. The zero-order valence-electron chi connectivity index (χ0n) is 9.59. The number of hydrogen-bond donors (Lipinski definition) is 0. The summed E-state index contributed by atoms with van der Waals surface area (Å²) < 4.78 is 0. The average molecular weight is 224 g/mol. The Hall–Kier alpha value is -0.960. The Labute approximate surface area is 94.3 Å². The monoisotopic (exact) mass is 224 g/mol. The second-order valence-corrected chi connectivity index (χ2v) is 5.62. The molecule has 0 saturated carbocycles. The second-order valence-electron chi connectivity index (χ2n) is 4.71. The fourth-order valence-corrected chi connectivity index (χ4v) is 2.02. The van der Waals surface area contributed by atoms with E-state index < -0.39 is 5.41 Å². The highest BCUT2D eigenvalue weighted by atomic mass is 32.1. The summed E-state index contributed by atoms with van der Waals surface area (Å²) in [6.45, 7) is 7.41. The summed E-state index contributed by atoms with van der Waals surface area (Å²) in [5.74, 6) is -0.0530. The third kappa shape index (κ3) is 2.99. The molecule has 2 nitrogen and oxygen atoms in total. The maximum Gasteiger partial charge on any atom is 0.180 e. The standard InChI is InChI=1S/C12H16O2S/c1-8-5-6-15-11(8)9(13)7-10(14)12(2,3)4/h5-6H,7H2,1-4H3. The van der Waals surface area contributed by atoms with E-state index in [9.17, 15) is 9.59 Å². The Kier molecular flexibility index (Phi) is 3.45. The first-order chi connectivity index (χ1) is 6.82. The molecule has 1 aromatic rings. The van der Waals surface area contributed by atoms with Crippen molar-refractivity contribution in [1.82, 2.24) is 0 Å². The Morgan fingerprint density at radius 1 is 1.33 bits per heavy atom. The molecule has 0 fully saturated rings. The number of Topliss-reactive ketones (excluding diaryl/α,β-unsaturated/α-hetero) is 2. The predicted molar refractivity (Wildman–Crippen MR) is 62.5 cm³/mol. The van der Waals surface area contributed by atoms with Crippen molar-refractivity contribution < 1.29 is 9.59 Å². The topological polar surface area (TPSA) is 34.1 Å². The van der Waals surface area contributed by atoms with E-state index in [0.717, 1.165) is 5.56 Å². The van der Waals surface area contributed by atoms with Crippen LogP contribution in [0.3, 0.4) is 0 Å². The zero-order chi connectivity index (χ0) is 11.6. The number of hydrogen-bond acceptors (Lipinski definition) is 3. The first-order valence-corrected chi connectivity index (χ1v) is 5.81. The third-order valence-corrected chi connectivity index (χ3v) is 3.33. The van der Waals surface area contributed by atoms with Crippen LogP contribution in [0.4, 0.5) is 0 Å². The lowest BCUT2D eigenvalue weighted by molar-refractivity contribution is -0.125. The smallest absolute Gasteiger partial charge is 0.180 e. The highest BCUT2D eigenvalue weighted by Crippen LogP contribution is 2.22. The Balaban J connectivity index is 2.74. The largest absolute Gasteiger partial charge is 0.299 e. The fraction of sp³-hybridized carbons (Fsp3) is 0.500. The maximum absolute atomic E-state index is 11.8. The number of aryl methyl sites for hydroxylation is 1. The molecule has 0 aromatic carbocycles. The first kappa shape index (κ1) is 12.1. The molecular formula is C12H16O2S. The van der Waals surface area contributed by atoms with Gasteiger partial charge in [-0.3, -0.25) is 9.59 Å². The lowest BCUT2D eigenvalue weighted by atomic mass is 9.87. The second kappa shape index (κ2) is 4.27. The number of rotatable bonds is 3. The Morgan fingerprint density at radius 2 is 1.93 bits per heavy atom. The van der Waals surface area contributed by atoms with Crippen LogP contribution in [0.1, 0.15) is 42.4 Å². The van der Waals surface area contributed by atoms with Gasteiger partial charge in [0.15, 0.2) is 5.78 Å². The highest BCUT2D eigenvalue weighted by Gasteiger charge is 2.24. The van der Waals surface area contributed by atoms with Gasteiger partial charge in [-0.05, 0) is 23.9 Å². The SMILES string of the molecule is Cc1ccsc1C(=O)CC(=O)C(C)(C)C. The number of carbonyl (C=O) groups is 2. The number of carbonyl (C=O) groups excluding carboxylic acids is 2. The lowest BCUT2D eigenvalue weighted by Gasteiger charge is -2.15. The number of thiophene rings is 1. The summed E-state index contributed by atoms with van der Waals surface area (Å²) >= 11 is 1.41. The van der Waals surface area contributed by atoms with Gasteiger partial charge in [0, 0.05) is 5.41 Å². The first-order valence-electron chi connectivity index (χ1n) is 4.93. The van der Waals surface area contributed by atoms with Crippen LogP contribution in [-0.2, 0) is 4.79 Å². The van der Waals surface area contributed by atoms with Gasteiger partial charge in [0.1, 0.15) is 5.78 Å². The minimum Gasteiger partial charge on any atom is -0.299 e. The van der Waals surface area contributed by atoms with Gasteiger partial charge < -0.3 is 0 Å². The van der Waals surface area contributed by atoms with E-state index in [1.54, 1.807) is 0 Å². The van der Waals surface area contributed by atoms with E-state index in [1.807, 2.05) is 39.1 Å². The molecule has 0 aliphatic heterocycles. The molecule has 0 atom stereocenters. The van der Waals surface area contributed by atoms with Gasteiger partial charge in [-0.1, -0.05) is 20.8 Å². The van der Waals surface area contributed by atoms with Gasteiger partial charge >= 0.3 is 0 Å². The average Bonchev–Trinajstić information content (AvgIpc) is 2.49. The van der Waals surface area contributed by atoms with Crippen molar-refractivity contribution in [3.8, 4) is 0 Å². The molecule has 1 heterocycles. The van der Waals surface area contributed by atoms with Crippen molar-refractivity contribution in [2.45, 2.75) is 34.1 Å². The summed E-state index contributed by atoms with van der Waals surface area (Å²) in [6.07, 6.45) is 0.0187. The molecule has 0 N–H and O–H groups in total. The van der Waals surface area contributed by atoms with Crippen molar-refractivity contribution in [1.29, 1.82) is 0 Å². The molecular weight excluding hydrogens is 208 g/mol. The number of ketones is 2. The van der Waals surface area contributed by atoms with E-state index in [1.165, 1.54) is 11.3 Å². The summed E-state index contributed by atoms with van der Waals surface area (Å²) in [4.78, 5) is 24.2. The van der Waals surface area contributed by atoms with Crippen LogP contribution in [-0.4, -0.2) is 11.6 Å². The maximum atomic E-state index is 11.8. The Morgan fingerprint density at radius 3 is 2.33 bits per heavy atom. The van der Waals surface area contributed by atoms with Crippen molar-refractivity contribution in [3.05, 3.63) is 21.9 Å². The summed E-state index contributed by atoms with van der Waals surface area (Å²) in [5, 5.41) is 1.88. The van der Waals surface area contributed by atoms with Crippen molar-refractivity contribution in [2.24, 2.45) is 5.41 Å². The summed E-state index contributed by atoms with van der Waals surface area (Å²) in [7, 11) is 0. The van der Waals surface area contributed by atoms with Crippen LogP contribution < -0.4 is 0 Å². The van der Waals surface area contributed by atoms with Gasteiger partial charge in [-0.15, -0.1) is 11.3 Å². The van der Waals surface area contributed by atoms with E-state index in [4.69, 9.17) is 0 Å². The summed E-state index contributed by atoms with van der Waals surface area (Å²) in [6, 6.07) is 1.90. The predicted octanol–water partition coefficient (Wildman–Crippen LogP) is 3.24. The summed E-state index contributed by atoms with van der Waals surface area (Å²) in [5.41, 5.74) is 0.535. The molecule has 0 radical (unpaired) electrons. The molecule has 1 aromatic heterocycles. The van der Waals surface area contributed by atoms with Gasteiger partial charge in [0.25, 0.3) is 0 Å². The van der Waals surface area contributed by atoms with Gasteiger partial charge in [0.2, 0.25) is 0 Å². The molecule has 0 saturated heterocycles. The molecule has 0 unspecified atom stereocenters. The van der Waals surface area contributed by atoms with E-state index in [-0.39, 0.29) is 18.0 Å². The van der Waals surface area contributed by atoms with Crippen LogP contribution in [0.5, 0.6) is 0 Å². The minimum absolute atomic E-state index is 0.000278. The van der Waals surface area contributed by atoms with Crippen molar-refractivity contribution in [2.75, 3.05) is 0 Å². The van der Waals surface area contributed by atoms with Crippen LogP contribution in [0, 0.1) is 12.3 Å². The van der Waals surface area contributed by atoms with Gasteiger partial charge in [-0.2, -0.15) is 0 Å². The molecule has 0 spiro atoms. The quantitative estimate of drug-likeness (QED) is 0.583. The van der Waals surface area contributed by atoms with Crippen LogP contribution >= 0.6 is 11.3 Å². The van der Waals surface area contributed by atoms with Gasteiger partial charge in [-0.25, -0.2) is 0 Å². The van der Waals surface area contributed by atoms with Gasteiger partial charge in [0.05, 0.1) is 11.3 Å². The van der Waals surface area contributed by atoms with E-state index in [2.05, 4.69) is 0 Å². The van der Waals surface area contributed by atoms with E-state index in [0.29, 0.717) is 4.88 Å². The Bertz CT molecular complexity index is 383. The van der Waals surface area contributed by atoms with Crippen LogP contribution in [0.15, 0.2) is 11.4 Å². The molecule has 0 aliphatic carbocycles. The third-order valence-electron chi connectivity index (χ3n) is 2.27. The normalized spacial score (nSPS) is 11.5. The molecule has 1 rings (SSSR count). The molecule has 0 bridgehead atoms. The van der Waals surface area contributed by atoms with Crippen molar-refractivity contribution >= 4 is 22.9 Å². The molecule has 82 valence electrons. The fourth-order valence-electron chi connectivity index (χ4n) is 1.15. The van der Waals surface area contributed by atoms with Crippen LogP contribution in [0.2, 0.25) is 0 Å². The zero-order valence-corrected chi connectivity index (χ0v) is 10.4. The highest BCUT2D eigenvalue weighted by molar-refractivity contribution is 7.12. The molecule has 0 aliphatic rings. The minimum atomic E-state index is -0.430. The van der Waals surface area contributed by atoms with E-state index >= 15 is 0 Å².